The van der Waals surface area contributed by atoms with Crippen molar-refractivity contribution in [2.45, 2.75) is 18.4 Å². The zero-order chi connectivity index (χ0) is 19.8. The number of esters is 1. The van der Waals surface area contributed by atoms with E-state index in [1.807, 2.05) is 0 Å². The van der Waals surface area contributed by atoms with Gasteiger partial charge in [0.15, 0.2) is 0 Å². The number of halogens is 1. The van der Waals surface area contributed by atoms with Crippen LogP contribution in [0.25, 0.3) is 11.0 Å². The van der Waals surface area contributed by atoms with Crippen LogP contribution in [0.15, 0.2) is 41.3 Å². The van der Waals surface area contributed by atoms with E-state index in [0.717, 1.165) is 4.31 Å². The highest BCUT2D eigenvalue weighted by Crippen LogP contribution is 2.28. The lowest BCUT2D eigenvalue weighted by Crippen LogP contribution is -2.27. The van der Waals surface area contributed by atoms with Crippen LogP contribution in [0, 0.1) is 6.92 Å². The van der Waals surface area contributed by atoms with Gasteiger partial charge in [-0.05, 0) is 30.7 Å². The van der Waals surface area contributed by atoms with Crippen LogP contribution in [0.1, 0.15) is 21.7 Å². The number of nitrogens with zero attached hydrogens (tertiary/aromatic N) is 2. The maximum atomic E-state index is 12.9. The number of fused-ring (bicyclic) bond motifs is 1. The van der Waals surface area contributed by atoms with Gasteiger partial charge in [0.25, 0.3) is 0 Å². The molecule has 3 aromatic rings. The van der Waals surface area contributed by atoms with Gasteiger partial charge in [-0.1, -0.05) is 29.8 Å². The fourth-order valence-electron chi connectivity index (χ4n) is 2.83. The number of aryl methyl sites for hydroxylation is 1. The first-order valence-electron chi connectivity index (χ1n) is 8.03. The van der Waals surface area contributed by atoms with Crippen LogP contribution in [-0.2, 0) is 21.3 Å². The van der Waals surface area contributed by atoms with E-state index in [4.69, 9.17) is 16.3 Å². The highest BCUT2D eigenvalue weighted by atomic mass is 35.5. The van der Waals surface area contributed by atoms with Crippen LogP contribution in [0.2, 0.25) is 5.02 Å². The molecule has 0 saturated heterocycles. The van der Waals surface area contributed by atoms with Gasteiger partial charge in [-0.25, -0.2) is 18.2 Å². The summed E-state index contributed by atoms with van der Waals surface area (Å²) in [5.74, 6) is -0.0967. The lowest BCUT2D eigenvalue weighted by molar-refractivity contribution is 0.0602. The van der Waals surface area contributed by atoms with Crippen molar-refractivity contribution >= 4 is 38.6 Å². The summed E-state index contributed by atoms with van der Waals surface area (Å²) in [6.07, 6.45) is 0. The third-order valence-electron chi connectivity index (χ3n) is 4.18. The first-order valence-corrected chi connectivity index (χ1v) is 9.85. The molecule has 0 amide bonds. The van der Waals surface area contributed by atoms with Crippen molar-refractivity contribution in [2.75, 3.05) is 14.2 Å². The van der Waals surface area contributed by atoms with Crippen LogP contribution in [0.5, 0.6) is 0 Å². The molecule has 0 bridgehead atoms. The SMILES string of the molecule is COC(=O)c1cccc2nc(CN(C)S(=O)(=O)c3c(C)cccc3Cl)[nH]c12. The normalized spacial score (nSPS) is 11.9. The summed E-state index contributed by atoms with van der Waals surface area (Å²) in [5, 5.41) is 0.166. The highest BCUT2D eigenvalue weighted by molar-refractivity contribution is 7.89. The summed E-state index contributed by atoms with van der Waals surface area (Å²) in [5.41, 5.74) is 1.94. The van der Waals surface area contributed by atoms with E-state index < -0.39 is 16.0 Å². The number of nitrogens with one attached hydrogen (secondary N) is 1. The number of hydrogen-bond donors (Lipinski definition) is 1. The van der Waals surface area contributed by atoms with E-state index in [1.54, 1.807) is 43.3 Å². The Morgan fingerprint density at radius 3 is 2.63 bits per heavy atom. The smallest absolute Gasteiger partial charge is 0.340 e. The molecule has 0 aliphatic rings. The molecule has 1 aromatic heterocycles. The molecule has 2 aromatic carbocycles. The fraction of sp³-hybridized carbons (Fsp3) is 0.222. The monoisotopic (exact) mass is 407 g/mol. The van der Waals surface area contributed by atoms with Crippen molar-refractivity contribution in [1.29, 1.82) is 0 Å². The first-order chi connectivity index (χ1) is 12.8. The van der Waals surface area contributed by atoms with Gasteiger partial charge >= 0.3 is 5.97 Å². The van der Waals surface area contributed by atoms with Crippen molar-refractivity contribution in [3.8, 4) is 0 Å². The summed E-state index contributed by atoms with van der Waals surface area (Å²) in [6.45, 7) is 1.68. The maximum Gasteiger partial charge on any atom is 0.340 e. The number of hydrogen-bond acceptors (Lipinski definition) is 5. The number of para-hydroxylation sites is 1. The van der Waals surface area contributed by atoms with E-state index in [-0.39, 0.29) is 16.5 Å². The van der Waals surface area contributed by atoms with Crippen molar-refractivity contribution in [3.63, 3.8) is 0 Å². The molecule has 7 nitrogen and oxygen atoms in total. The minimum atomic E-state index is -3.82. The number of H-pyrrole nitrogens is 1. The molecular weight excluding hydrogens is 390 g/mol. The Bertz CT molecular complexity index is 1100. The summed E-state index contributed by atoms with van der Waals surface area (Å²) >= 11 is 6.12. The average molecular weight is 408 g/mol. The third-order valence-corrected chi connectivity index (χ3v) is 6.61. The molecule has 0 atom stereocenters. The Morgan fingerprint density at radius 1 is 1.26 bits per heavy atom. The van der Waals surface area contributed by atoms with Crippen molar-refractivity contribution < 1.29 is 17.9 Å². The number of carbonyl (C=O) groups is 1. The Labute approximate surface area is 162 Å². The molecule has 0 aliphatic carbocycles. The number of aromatic nitrogens is 2. The van der Waals surface area contributed by atoms with E-state index in [1.165, 1.54) is 14.2 Å². The van der Waals surface area contributed by atoms with E-state index in [2.05, 4.69) is 9.97 Å². The molecule has 0 radical (unpaired) electrons. The molecule has 27 heavy (non-hydrogen) atoms. The lowest BCUT2D eigenvalue weighted by atomic mass is 10.2. The van der Waals surface area contributed by atoms with Gasteiger partial charge in [0, 0.05) is 7.05 Å². The predicted octanol–water partition coefficient (Wildman–Crippen LogP) is 3.13. The Morgan fingerprint density at radius 2 is 1.96 bits per heavy atom. The average Bonchev–Trinajstić information content (AvgIpc) is 3.02. The lowest BCUT2D eigenvalue weighted by Gasteiger charge is -2.18. The second-order valence-electron chi connectivity index (χ2n) is 6.02. The van der Waals surface area contributed by atoms with E-state index in [0.29, 0.717) is 28.0 Å². The largest absolute Gasteiger partial charge is 0.465 e. The number of imidazole rings is 1. The zero-order valence-electron chi connectivity index (χ0n) is 15.0. The number of methoxy groups -OCH3 is 1. The molecule has 0 unspecified atom stereocenters. The van der Waals surface area contributed by atoms with Gasteiger partial charge in [-0.3, -0.25) is 0 Å². The molecule has 0 saturated carbocycles. The quantitative estimate of drug-likeness (QED) is 0.656. The summed E-state index contributed by atoms with van der Waals surface area (Å²) in [6, 6.07) is 9.96. The van der Waals surface area contributed by atoms with Crippen molar-refractivity contribution in [2.24, 2.45) is 0 Å². The van der Waals surface area contributed by atoms with Gasteiger partial charge < -0.3 is 9.72 Å². The second-order valence-corrected chi connectivity index (χ2v) is 8.41. The number of rotatable bonds is 5. The van der Waals surface area contributed by atoms with E-state index in [9.17, 15) is 13.2 Å². The highest BCUT2D eigenvalue weighted by Gasteiger charge is 2.26. The number of sulfonamides is 1. The topological polar surface area (TPSA) is 92.4 Å². The molecule has 0 aliphatic heterocycles. The van der Waals surface area contributed by atoms with Crippen LogP contribution >= 0.6 is 11.6 Å². The van der Waals surface area contributed by atoms with Gasteiger partial charge in [0.1, 0.15) is 10.7 Å². The molecule has 9 heteroatoms. The van der Waals surface area contributed by atoms with Crippen molar-refractivity contribution in [1.82, 2.24) is 14.3 Å². The Hall–Kier alpha value is -2.42. The molecule has 0 spiro atoms. The number of carbonyl (C=O) groups excluding carboxylic acids is 1. The van der Waals surface area contributed by atoms with Crippen LogP contribution < -0.4 is 0 Å². The van der Waals surface area contributed by atoms with Gasteiger partial charge in [0.2, 0.25) is 10.0 Å². The predicted molar refractivity (Wildman–Crippen MR) is 102 cm³/mol. The summed E-state index contributed by atoms with van der Waals surface area (Å²) < 4.78 is 31.8. The van der Waals surface area contributed by atoms with Crippen LogP contribution in [-0.4, -0.2) is 42.8 Å². The summed E-state index contributed by atoms with van der Waals surface area (Å²) in [4.78, 5) is 19.3. The number of ether oxygens (including phenoxy) is 1. The van der Waals surface area contributed by atoms with Gasteiger partial charge in [-0.15, -0.1) is 0 Å². The summed E-state index contributed by atoms with van der Waals surface area (Å²) in [7, 11) is -1.07. The first kappa shape index (κ1) is 19.3. The second kappa shape index (κ2) is 7.30. The van der Waals surface area contributed by atoms with Crippen molar-refractivity contribution in [3.05, 3.63) is 58.4 Å². The van der Waals surface area contributed by atoms with Crippen LogP contribution in [0.4, 0.5) is 0 Å². The maximum absolute atomic E-state index is 12.9. The molecule has 1 heterocycles. The molecular formula is C18H18ClN3O4S. The minimum Gasteiger partial charge on any atom is -0.465 e. The Balaban J connectivity index is 1.96. The van der Waals surface area contributed by atoms with Gasteiger partial charge in [-0.2, -0.15) is 4.31 Å². The van der Waals surface area contributed by atoms with Gasteiger partial charge in [0.05, 0.1) is 35.3 Å². The van der Waals surface area contributed by atoms with Crippen LogP contribution in [0.3, 0.4) is 0 Å². The molecule has 3 rings (SSSR count). The third kappa shape index (κ3) is 3.55. The van der Waals surface area contributed by atoms with E-state index >= 15 is 0 Å². The zero-order valence-corrected chi connectivity index (χ0v) is 16.6. The molecule has 0 fully saturated rings. The number of benzene rings is 2. The molecule has 142 valence electrons. The Kier molecular flexibility index (Phi) is 5.23. The standard InChI is InChI=1S/C18H18ClN3O4S/c1-11-6-4-8-13(19)17(11)27(24,25)22(2)10-15-20-14-9-5-7-12(16(14)21-15)18(23)26-3/h4-9H,10H2,1-3H3,(H,20,21). The minimum absolute atomic E-state index is 0.0116. The molecule has 1 N–H and O–H groups in total. The number of aromatic amines is 1. The fourth-order valence-corrected chi connectivity index (χ4v) is 4.74.